The monoisotopic (exact) mass is 410 g/mol. The van der Waals surface area contributed by atoms with Gasteiger partial charge in [-0.2, -0.15) is 0 Å². The standard InChI is InChI=1S/C21H22N4O5/c1-13-3-6-17(30-13)21(29)25-9-7-24(8-10-25)12-18(26)22-14-4-5-15-16(11-14)20(28)23(2)19(15)27/h3-6,11H,7-10,12H2,1-2H3,(H,22,26). The van der Waals surface area contributed by atoms with Crippen LogP contribution in [0.4, 0.5) is 5.69 Å². The maximum atomic E-state index is 12.4. The molecular weight excluding hydrogens is 388 g/mol. The van der Waals surface area contributed by atoms with E-state index in [9.17, 15) is 19.2 Å². The summed E-state index contributed by atoms with van der Waals surface area (Å²) in [7, 11) is 1.43. The lowest BCUT2D eigenvalue weighted by molar-refractivity contribution is -0.117. The minimum Gasteiger partial charge on any atom is -0.456 e. The molecule has 2 aliphatic heterocycles. The fourth-order valence-electron chi connectivity index (χ4n) is 3.66. The van der Waals surface area contributed by atoms with Crippen molar-refractivity contribution in [2.24, 2.45) is 0 Å². The molecule has 0 bridgehead atoms. The minimum absolute atomic E-state index is 0.144. The number of fused-ring (bicyclic) bond motifs is 1. The van der Waals surface area contributed by atoms with Gasteiger partial charge in [-0.25, -0.2) is 0 Å². The number of hydrogen-bond donors (Lipinski definition) is 1. The van der Waals surface area contributed by atoms with Crippen LogP contribution in [0.25, 0.3) is 0 Å². The lowest BCUT2D eigenvalue weighted by atomic mass is 10.1. The second-order valence-corrected chi connectivity index (χ2v) is 7.46. The van der Waals surface area contributed by atoms with Gasteiger partial charge in [0.1, 0.15) is 5.76 Å². The summed E-state index contributed by atoms with van der Waals surface area (Å²) in [5.41, 5.74) is 1.10. The van der Waals surface area contributed by atoms with Crippen LogP contribution >= 0.6 is 0 Å². The molecule has 2 aliphatic rings. The molecule has 2 aromatic rings. The Morgan fingerprint density at radius 2 is 1.70 bits per heavy atom. The zero-order valence-corrected chi connectivity index (χ0v) is 16.8. The van der Waals surface area contributed by atoms with Crippen molar-refractivity contribution < 1.29 is 23.6 Å². The Bertz CT molecular complexity index is 1040. The van der Waals surface area contributed by atoms with Gasteiger partial charge in [0.15, 0.2) is 5.76 Å². The van der Waals surface area contributed by atoms with Gasteiger partial charge in [0, 0.05) is 38.9 Å². The molecule has 0 unspecified atom stereocenters. The van der Waals surface area contributed by atoms with E-state index >= 15 is 0 Å². The van der Waals surface area contributed by atoms with Crippen molar-refractivity contribution in [3.63, 3.8) is 0 Å². The first-order valence-corrected chi connectivity index (χ1v) is 9.68. The molecule has 9 nitrogen and oxygen atoms in total. The Morgan fingerprint density at radius 1 is 1.00 bits per heavy atom. The zero-order chi connectivity index (χ0) is 21.4. The van der Waals surface area contributed by atoms with Gasteiger partial charge in [-0.05, 0) is 37.3 Å². The van der Waals surface area contributed by atoms with Gasteiger partial charge < -0.3 is 14.6 Å². The minimum atomic E-state index is -0.376. The maximum Gasteiger partial charge on any atom is 0.289 e. The van der Waals surface area contributed by atoms with Crippen LogP contribution in [0.3, 0.4) is 0 Å². The predicted molar refractivity (Wildman–Crippen MR) is 107 cm³/mol. The number of hydrogen-bond acceptors (Lipinski definition) is 6. The molecule has 1 aromatic heterocycles. The molecule has 0 spiro atoms. The summed E-state index contributed by atoms with van der Waals surface area (Å²) in [5, 5.41) is 2.77. The Labute approximate surface area is 173 Å². The van der Waals surface area contributed by atoms with E-state index < -0.39 is 0 Å². The van der Waals surface area contributed by atoms with Crippen molar-refractivity contribution in [2.75, 3.05) is 45.1 Å². The van der Waals surface area contributed by atoms with E-state index in [2.05, 4.69) is 5.32 Å². The normalized spacial score (nSPS) is 16.7. The van der Waals surface area contributed by atoms with Crippen molar-refractivity contribution in [3.05, 3.63) is 53.0 Å². The number of aryl methyl sites for hydroxylation is 1. The molecule has 3 heterocycles. The average Bonchev–Trinajstić information content (AvgIpc) is 3.26. The molecule has 1 N–H and O–H groups in total. The summed E-state index contributed by atoms with van der Waals surface area (Å²) >= 11 is 0. The molecule has 4 rings (SSSR count). The average molecular weight is 410 g/mol. The predicted octanol–water partition coefficient (Wildman–Crippen LogP) is 1.21. The fraction of sp³-hybridized carbons (Fsp3) is 0.333. The summed E-state index contributed by atoms with van der Waals surface area (Å²) in [6.45, 7) is 4.12. The summed E-state index contributed by atoms with van der Waals surface area (Å²) < 4.78 is 5.39. The molecule has 0 aliphatic carbocycles. The lowest BCUT2D eigenvalue weighted by Gasteiger charge is -2.33. The SMILES string of the molecule is Cc1ccc(C(=O)N2CCN(CC(=O)Nc3ccc4c(c3)C(=O)N(C)C4=O)CC2)o1. The largest absolute Gasteiger partial charge is 0.456 e. The van der Waals surface area contributed by atoms with Crippen molar-refractivity contribution in [1.82, 2.24) is 14.7 Å². The van der Waals surface area contributed by atoms with Crippen molar-refractivity contribution >= 4 is 29.3 Å². The first kappa shape index (κ1) is 19.8. The Morgan fingerprint density at radius 3 is 2.37 bits per heavy atom. The molecule has 4 amide bonds. The summed E-state index contributed by atoms with van der Waals surface area (Å²) in [4.78, 5) is 53.6. The number of carbonyl (C=O) groups excluding carboxylic acids is 4. The van der Waals surface area contributed by atoms with E-state index in [1.807, 2.05) is 4.90 Å². The van der Waals surface area contributed by atoms with Crippen molar-refractivity contribution in [1.29, 1.82) is 0 Å². The van der Waals surface area contributed by atoms with Crippen LogP contribution in [0, 0.1) is 6.92 Å². The van der Waals surface area contributed by atoms with Gasteiger partial charge in [0.2, 0.25) is 5.91 Å². The molecule has 0 atom stereocenters. The molecule has 0 radical (unpaired) electrons. The number of imide groups is 1. The molecule has 9 heteroatoms. The number of amides is 4. The van der Waals surface area contributed by atoms with Crippen LogP contribution in [0.2, 0.25) is 0 Å². The van der Waals surface area contributed by atoms with Crippen LogP contribution in [0.1, 0.15) is 37.0 Å². The van der Waals surface area contributed by atoms with E-state index in [-0.39, 0.29) is 30.2 Å². The molecule has 156 valence electrons. The van der Waals surface area contributed by atoms with E-state index in [0.717, 1.165) is 4.90 Å². The number of furan rings is 1. The number of benzene rings is 1. The number of rotatable bonds is 4. The van der Waals surface area contributed by atoms with Gasteiger partial charge in [0.05, 0.1) is 17.7 Å². The Hall–Kier alpha value is -3.46. The Kier molecular flexibility index (Phi) is 5.13. The van der Waals surface area contributed by atoms with E-state index in [0.29, 0.717) is 54.5 Å². The first-order chi connectivity index (χ1) is 14.3. The quantitative estimate of drug-likeness (QED) is 0.760. The smallest absolute Gasteiger partial charge is 0.289 e. The van der Waals surface area contributed by atoms with Crippen LogP contribution in [0.15, 0.2) is 34.7 Å². The maximum absolute atomic E-state index is 12.4. The second kappa shape index (κ2) is 7.75. The molecule has 30 heavy (non-hydrogen) atoms. The topological polar surface area (TPSA) is 103 Å². The van der Waals surface area contributed by atoms with Crippen molar-refractivity contribution in [3.8, 4) is 0 Å². The van der Waals surface area contributed by atoms with Gasteiger partial charge in [-0.1, -0.05) is 0 Å². The third-order valence-corrected chi connectivity index (χ3v) is 5.35. The van der Waals surface area contributed by atoms with Crippen LogP contribution in [0.5, 0.6) is 0 Å². The van der Waals surface area contributed by atoms with Gasteiger partial charge >= 0.3 is 0 Å². The van der Waals surface area contributed by atoms with Crippen LogP contribution < -0.4 is 5.32 Å². The first-order valence-electron chi connectivity index (χ1n) is 9.68. The Balaban J connectivity index is 1.30. The number of nitrogens with zero attached hydrogens (tertiary/aromatic N) is 3. The van der Waals surface area contributed by atoms with Crippen LogP contribution in [-0.2, 0) is 4.79 Å². The number of carbonyl (C=O) groups is 4. The molecule has 0 saturated carbocycles. The zero-order valence-electron chi connectivity index (χ0n) is 16.8. The van der Waals surface area contributed by atoms with E-state index in [1.54, 1.807) is 36.1 Å². The molecule has 1 saturated heterocycles. The third-order valence-electron chi connectivity index (χ3n) is 5.35. The number of anilines is 1. The molecular formula is C21H22N4O5. The van der Waals surface area contributed by atoms with Crippen LogP contribution in [-0.4, -0.2) is 78.1 Å². The molecule has 1 aromatic carbocycles. The van der Waals surface area contributed by atoms with E-state index in [4.69, 9.17) is 4.42 Å². The highest BCUT2D eigenvalue weighted by Gasteiger charge is 2.33. The number of piperazine rings is 1. The number of nitrogens with one attached hydrogen (secondary N) is 1. The molecule has 1 fully saturated rings. The van der Waals surface area contributed by atoms with Gasteiger partial charge in [-0.3, -0.25) is 29.0 Å². The highest BCUT2D eigenvalue weighted by molar-refractivity contribution is 6.21. The highest BCUT2D eigenvalue weighted by Crippen LogP contribution is 2.24. The highest BCUT2D eigenvalue weighted by atomic mass is 16.3. The van der Waals surface area contributed by atoms with Crippen molar-refractivity contribution in [2.45, 2.75) is 6.92 Å². The lowest BCUT2D eigenvalue weighted by Crippen LogP contribution is -2.50. The van der Waals surface area contributed by atoms with Gasteiger partial charge in [-0.15, -0.1) is 0 Å². The third kappa shape index (κ3) is 3.71. The summed E-state index contributed by atoms with van der Waals surface area (Å²) in [6, 6.07) is 8.12. The van der Waals surface area contributed by atoms with Gasteiger partial charge in [0.25, 0.3) is 17.7 Å². The fourth-order valence-corrected chi connectivity index (χ4v) is 3.66. The summed E-state index contributed by atoms with van der Waals surface area (Å²) in [6.07, 6.45) is 0. The second-order valence-electron chi connectivity index (χ2n) is 7.46. The summed E-state index contributed by atoms with van der Waals surface area (Å²) in [5.74, 6) is -0.0634. The van der Waals surface area contributed by atoms with E-state index in [1.165, 1.54) is 13.1 Å².